The molecule has 164 valence electrons. The van der Waals surface area contributed by atoms with Crippen LogP contribution in [0.4, 0.5) is 5.69 Å². The van der Waals surface area contributed by atoms with Crippen LogP contribution in [-0.2, 0) is 14.3 Å². The van der Waals surface area contributed by atoms with E-state index < -0.39 is 6.10 Å². The number of hydrogen-bond acceptors (Lipinski definition) is 7. The van der Waals surface area contributed by atoms with E-state index in [9.17, 15) is 9.90 Å². The van der Waals surface area contributed by atoms with Crippen molar-refractivity contribution >= 4 is 39.0 Å². The molecule has 1 aliphatic rings. The number of aromatic nitrogens is 1. The predicted octanol–water partition coefficient (Wildman–Crippen LogP) is 3.88. The highest BCUT2D eigenvalue weighted by atomic mass is 79.9. The molecule has 2 heterocycles. The molecule has 0 amide bonds. The van der Waals surface area contributed by atoms with Gasteiger partial charge in [-0.15, -0.1) is 0 Å². The maximum atomic E-state index is 11.8. The largest absolute Gasteiger partial charge is 0.469 e. The summed E-state index contributed by atoms with van der Waals surface area (Å²) in [5.74, 6) is -0.294. The molecule has 2 aromatic rings. The van der Waals surface area contributed by atoms with E-state index in [1.54, 1.807) is 13.3 Å². The van der Waals surface area contributed by atoms with Crippen molar-refractivity contribution in [2.45, 2.75) is 37.8 Å². The van der Waals surface area contributed by atoms with Crippen LogP contribution < -0.4 is 0 Å². The van der Waals surface area contributed by atoms with Gasteiger partial charge in [0.05, 0.1) is 43.0 Å². The number of aliphatic imine (C=N–C) groups is 2. The molecule has 0 spiro atoms. The first-order chi connectivity index (χ1) is 15.0. The van der Waals surface area contributed by atoms with Crippen LogP contribution in [0.3, 0.4) is 0 Å². The summed E-state index contributed by atoms with van der Waals surface area (Å²) in [5, 5.41) is 10.1. The lowest BCUT2D eigenvalue weighted by Gasteiger charge is -2.16. The van der Waals surface area contributed by atoms with Crippen molar-refractivity contribution in [3.8, 4) is 0 Å². The lowest BCUT2D eigenvalue weighted by Crippen LogP contribution is -2.24. The molecular formula is C23H26BrN3O4. The second kappa shape index (κ2) is 11.3. The minimum atomic E-state index is -0.596. The van der Waals surface area contributed by atoms with E-state index in [1.807, 2.05) is 36.4 Å². The molecule has 0 saturated carbocycles. The van der Waals surface area contributed by atoms with Crippen molar-refractivity contribution in [2.75, 3.05) is 20.8 Å². The number of aliphatic hydroxyl groups excluding tert-OH is 1. The summed E-state index contributed by atoms with van der Waals surface area (Å²) in [4.78, 5) is 26.3. The quantitative estimate of drug-likeness (QED) is 0.541. The first-order valence-corrected chi connectivity index (χ1v) is 10.9. The Bertz CT molecular complexity index is 963. The third-order valence-corrected chi connectivity index (χ3v) is 5.49. The molecule has 0 bridgehead atoms. The van der Waals surface area contributed by atoms with Gasteiger partial charge in [-0.25, -0.2) is 0 Å². The lowest BCUT2D eigenvalue weighted by atomic mass is 10.0. The Balaban J connectivity index is 2.04. The van der Waals surface area contributed by atoms with Gasteiger partial charge in [0.1, 0.15) is 0 Å². The van der Waals surface area contributed by atoms with E-state index in [0.717, 1.165) is 32.8 Å². The maximum Gasteiger partial charge on any atom is 0.305 e. The van der Waals surface area contributed by atoms with Crippen LogP contribution in [0.25, 0.3) is 0 Å². The number of fused-ring (bicyclic) bond motifs is 1. The van der Waals surface area contributed by atoms with Crippen molar-refractivity contribution in [3.05, 3.63) is 58.3 Å². The summed E-state index contributed by atoms with van der Waals surface area (Å²) in [5.41, 5.74) is 3.92. The number of nitrogens with zero attached hydrogens (tertiary/aromatic N) is 3. The van der Waals surface area contributed by atoms with Gasteiger partial charge in [0.25, 0.3) is 0 Å². The zero-order valence-corrected chi connectivity index (χ0v) is 19.2. The summed E-state index contributed by atoms with van der Waals surface area (Å²) in [6.07, 6.45) is 2.83. The fraction of sp³-hybridized carbons (Fsp3) is 0.391. The summed E-state index contributed by atoms with van der Waals surface area (Å²) in [6, 6.07) is 11.2. The summed E-state index contributed by atoms with van der Waals surface area (Å²) in [6.45, 7) is 0.256. The van der Waals surface area contributed by atoms with E-state index in [2.05, 4.69) is 20.9 Å². The topological polar surface area (TPSA) is 93.4 Å². The Labute approximate surface area is 190 Å². The number of aliphatic hydroxyl groups is 1. The van der Waals surface area contributed by atoms with Crippen molar-refractivity contribution in [2.24, 2.45) is 9.98 Å². The molecule has 8 heteroatoms. The molecule has 7 nitrogen and oxygen atoms in total. The Morgan fingerprint density at radius 1 is 1.26 bits per heavy atom. The number of esters is 1. The SMILES string of the molecule is COCC(O)CCC1=Nc2ccc(Br)cc2C(c2ccccn2)=N[C@H]1CCC(=O)OC. The molecule has 2 atom stereocenters. The molecular weight excluding hydrogens is 462 g/mol. The van der Waals surface area contributed by atoms with Crippen molar-refractivity contribution in [3.63, 3.8) is 0 Å². The number of carbonyl (C=O) groups excluding carboxylic acids is 1. The van der Waals surface area contributed by atoms with E-state index in [1.165, 1.54) is 7.11 Å². The van der Waals surface area contributed by atoms with Crippen LogP contribution in [-0.4, -0.2) is 60.5 Å². The smallest absolute Gasteiger partial charge is 0.305 e. The molecule has 0 radical (unpaired) electrons. The highest BCUT2D eigenvalue weighted by molar-refractivity contribution is 9.10. The van der Waals surface area contributed by atoms with Gasteiger partial charge >= 0.3 is 5.97 Å². The third-order valence-electron chi connectivity index (χ3n) is 5.00. The van der Waals surface area contributed by atoms with Crippen LogP contribution >= 0.6 is 15.9 Å². The number of carbonyl (C=O) groups is 1. The number of halogens is 1. The van der Waals surface area contributed by atoms with Crippen LogP contribution in [0.2, 0.25) is 0 Å². The van der Waals surface area contributed by atoms with E-state index >= 15 is 0 Å². The van der Waals surface area contributed by atoms with Crippen LogP contribution in [0.5, 0.6) is 0 Å². The summed E-state index contributed by atoms with van der Waals surface area (Å²) < 4.78 is 10.8. The molecule has 1 unspecified atom stereocenters. The van der Waals surface area contributed by atoms with Gasteiger partial charge in [-0.1, -0.05) is 22.0 Å². The number of hydrogen-bond donors (Lipinski definition) is 1. The lowest BCUT2D eigenvalue weighted by molar-refractivity contribution is -0.140. The molecule has 1 aromatic heterocycles. The van der Waals surface area contributed by atoms with E-state index in [0.29, 0.717) is 19.3 Å². The first-order valence-electron chi connectivity index (χ1n) is 10.1. The van der Waals surface area contributed by atoms with Crippen molar-refractivity contribution < 1.29 is 19.4 Å². The van der Waals surface area contributed by atoms with Crippen LogP contribution in [0.1, 0.15) is 36.9 Å². The zero-order valence-electron chi connectivity index (χ0n) is 17.6. The molecule has 0 aliphatic carbocycles. The Kier molecular flexibility index (Phi) is 8.45. The molecule has 1 N–H and O–H groups in total. The number of methoxy groups -OCH3 is 2. The Morgan fingerprint density at radius 2 is 2.10 bits per heavy atom. The second-order valence-corrected chi connectivity index (χ2v) is 8.15. The standard InChI is InChI=1S/C23H26BrN3O4/c1-30-14-16(28)7-9-19-20(10-11-22(29)31-2)27-23(21-5-3-4-12-25-21)17-13-15(24)6-8-18(17)26-19/h3-6,8,12-13,16,20,28H,7,9-11,14H2,1-2H3/t16?,20-/m0/s1. The number of pyridine rings is 1. The maximum absolute atomic E-state index is 11.8. The monoisotopic (exact) mass is 487 g/mol. The van der Waals surface area contributed by atoms with Gasteiger partial charge in [0.15, 0.2) is 0 Å². The fourth-order valence-corrected chi connectivity index (χ4v) is 3.79. The van der Waals surface area contributed by atoms with E-state index in [4.69, 9.17) is 19.5 Å². The molecule has 1 aromatic carbocycles. The minimum Gasteiger partial charge on any atom is -0.469 e. The van der Waals surface area contributed by atoms with Gasteiger partial charge in [-0.05, 0) is 49.6 Å². The summed E-state index contributed by atoms with van der Waals surface area (Å²) in [7, 11) is 2.94. The number of benzene rings is 1. The van der Waals surface area contributed by atoms with Gasteiger partial charge < -0.3 is 14.6 Å². The Morgan fingerprint density at radius 3 is 2.81 bits per heavy atom. The minimum absolute atomic E-state index is 0.222. The van der Waals surface area contributed by atoms with Gasteiger partial charge in [0.2, 0.25) is 0 Å². The van der Waals surface area contributed by atoms with E-state index in [-0.39, 0.29) is 25.0 Å². The molecule has 0 fully saturated rings. The predicted molar refractivity (Wildman–Crippen MR) is 123 cm³/mol. The highest BCUT2D eigenvalue weighted by Gasteiger charge is 2.25. The fourth-order valence-electron chi connectivity index (χ4n) is 3.43. The van der Waals surface area contributed by atoms with Gasteiger partial charge in [-0.2, -0.15) is 0 Å². The van der Waals surface area contributed by atoms with Crippen LogP contribution in [0, 0.1) is 0 Å². The first kappa shape index (κ1) is 23.2. The average molecular weight is 488 g/mol. The highest BCUT2D eigenvalue weighted by Crippen LogP contribution is 2.31. The summed E-state index contributed by atoms with van der Waals surface area (Å²) >= 11 is 3.54. The molecule has 0 saturated heterocycles. The van der Waals surface area contributed by atoms with Crippen LogP contribution in [0.15, 0.2) is 57.1 Å². The van der Waals surface area contributed by atoms with Gasteiger partial charge in [-0.3, -0.25) is 19.8 Å². The Hall–Kier alpha value is -2.42. The number of ether oxygens (including phenoxy) is 2. The average Bonchev–Trinajstić information content (AvgIpc) is 2.93. The zero-order chi connectivity index (χ0) is 22.2. The van der Waals surface area contributed by atoms with Crippen molar-refractivity contribution in [1.29, 1.82) is 0 Å². The third kappa shape index (κ3) is 6.29. The molecule has 1 aliphatic heterocycles. The van der Waals surface area contributed by atoms with Gasteiger partial charge in [0, 0.05) is 35.5 Å². The normalized spacial score (nSPS) is 16.6. The second-order valence-electron chi connectivity index (χ2n) is 7.24. The molecule has 31 heavy (non-hydrogen) atoms. The number of rotatable bonds is 9. The van der Waals surface area contributed by atoms with Crippen molar-refractivity contribution in [1.82, 2.24) is 4.98 Å². The molecule has 3 rings (SSSR count).